The molecule has 0 aromatic heterocycles. The van der Waals surface area contributed by atoms with Crippen molar-refractivity contribution < 1.29 is 28.6 Å². The molecule has 0 spiro atoms. The molecule has 0 radical (unpaired) electrons. The lowest BCUT2D eigenvalue weighted by molar-refractivity contribution is -0.117. The van der Waals surface area contributed by atoms with E-state index in [-0.39, 0.29) is 18.8 Å². The van der Waals surface area contributed by atoms with E-state index in [1.807, 2.05) is 0 Å². The number of ether oxygens (including phenoxy) is 3. The van der Waals surface area contributed by atoms with Crippen molar-refractivity contribution >= 4 is 29.5 Å². The van der Waals surface area contributed by atoms with Crippen molar-refractivity contribution in [3.8, 4) is 23.8 Å². The molecule has 1 fully saturated rings. The number of anilines is 1. The van der Waals surface area contributed by atoms with E-state index in [0.717, 1.165) is 5.01 Å². The number of hydrogen-bond donors (Lipinski definition) is 1. The smallest absolute Gasteiger partial charge is 0.338 e. The summed E-state index contributed by atoms with van der Waals surface area (Å²) in [6.07, 6.45) is 6.66. The van der Waals surface area contributed by atoms with Gasteiger partial charge in [0, 0.05) is 0 Å². The molecule has 3 rings (SSSR count). The first kappa shape index (κ1) is 21.5. The van der Waals surface area contributed by atoms with Gasteiger partial charge in [0.05, 0.1) is 25.0 Å². The van der Waals surface area contributed by atoms with E-state index in [4.69, 9.17) is 20.6 Å². The molecule has 2 aromatic carbocycles. The lowest BCUT2D eigenvalue weighted by Crippen LogP contribution is -2.35. The maximum Gasteiger partial charge on any atom is 0.338 e. The number of amides is 2. The topological polar surface area (TPSA) is 94.2 Å². The molecular weight excluding hydrogens is 400 g/mol. The molecule has 1 aliphatic heterocycles. The Kier molecular flexibility index (Phi) is 6.58. The van der Waals surface area contributed by atoms with Crippen LogP contribution < -0.4 is 19.9 Å². The normalized spacial score (nSPS) is 14.2. The van der Waals surface area contributed by atoms with Crippen LogP contribution in [0, 0.1) is 12.3 Å². The van der Waals surface area contributed by atoms with E-state index < -0.39 is 17.8 Å². The van der Waals surface area contributed by atoms with Crippen molar-refractivity contribution in [1.82, 2.24) is 5.43 Å². The third-order valence-corrected chi connectivity index (χ3v) is 4.34. The predicted octanol–water partition coefficient (Wildman–Crippen LogP) is 2.35. The van der Waals surface area contributed by atoms with Crippen LogP contribution in [0.4, 0.5) is 5.69 Å². The maximum atomic E-state index is 12.8. The summed E-state index contributed by atoms with van der Waals surface area (Å²) in [7, 11) is 1.48. The summed E-state index contributed by atoms with van der Waals surface area (Å²) in [5.41, 5.74) is 3.79. The van der Waals surface area contributed by atoms with Gasteiger partial charge in [-0.1, -0.05) is 12.0 Å². The van der Waals surface area contributed by atoms with Crippen LogP contribution in [0.25, 0.3) is 6.08 Å². The van der Waals surface area contributed by atoms with Gasteiger partial charge in [-0.25, -0.2) is 9.80 Å². The summed E-state index contributed by atoms with van der Waals surface area (Å²) in [6, 6.07) is 11.1. The Morgan fingerprint density at radius 2 is 1.90 bits per heavy atom. The first-order valence-corrected chi connectivity index (χ1v) is 9.37. The molecular formula is C23H20N2O6. The van der Waals surface area contributed by atoms with Crippen molar-refractivity contribution in [2.75, 3.05) is 25.3 Å². The van der Waals surface area contributed by atoms with E-state index in [0.29, 0.717) is 28.3 Å². The van der Waals surface area contributed by atoms with Crippen LogP contribution in [-0.2, 0) is 14.3 Å². The van der Waals surface area contributed by atoms with Gasteiger partial charge in [-0.05, 0) is 55.0 Å². The summed E-state index contributed by atoms with van der Waals surface area (Å²) in [6.45, 7) is 2.06. The predicted molar refractivity (Wildman–Crippen MR) is 113 cm³/mol. The standard InChI is InChI=1S/C23H20N2O6/c1-4-12-31-19-11-6-15(14-20(19)29-3)13-18-21(26)24-25(22(18)27)17-9-7-16(8-10-17)23(28)30-5-2/h1,6-11,13-14H,5,12H2,2-3H3,(H,24,26)/b18-13-. The van der Waals surface area contributed by atoms with Gasteiger partial charge >= 0.3 is 5.97 Å². The number of carbonyl (C=O) groups is 3. The lowest BCUT2D eigenvalue weighted by atomic mass is 10.1. The molecule has 8 heteroatoms. The van der Waals surface area contributed by atoms with Crippen LogP contribution >= 0.6 is 0 Å². The van der Waals surface area contributed by atoms with Gasteiger partial charge in [0.2, 0.25) is 0 Å². The molecule has 158 valence electrons. The summed E-state index contributed by atoms with van der Waals surface area (Å²) >= 11 is 0. The number of benzene rings is 2. The minimum atomic E-state index is -0.550. The minimum absolute atomic E-state index is 0.0474. The van der Waals surface area contributed by atoms with Gasteiger partial charge in [0.25, 0.3) is 11.8 Å². The number of esters is 1. The average molecular weight is 420 g/mol. The SMILES string of the molecule is C#CCOc1ccc(/C=C2/C(=O)NN(c3ccc(C(=O)OCC)cc3)C2=O)cc1OC. The average Bonchev–Trinajstić information content (AvgIpc) is 3.06. The summed E-state index contributed by atoms with van der Waals surface area (Å²) < 4.78 is 15.6. The summed E-state index contributed by atoms with van der Waals surface area (Å²) in [5, 5.41) is 1.12. The van der Waals surface area contributed by atoms with Crippen LogP contribution in [-0.4, -0.2) is 38.1 Å². The molecule has 1 N–H and O–H groups in total. The second-order valence-corrected chi connectivity index (χ2v) is 6.31. The molecule has 0 atom stereocenters. The minimum Gasteiger partial charge on any atom is -0.493 e. The largest absolute Gasteiger partial charge is 0.493 e. The highest BCUT2D eigenvalue weighted by atomic mass is 16.5. The second kappa shape index (κ2) is 9.50. The molecule has 8 nitrogen and oxygen atoms in total. The number of methoxy groups -OCH3 is 1. The monoisotopic (exact) mass is 420 g/mol. The van der Waals surface area contributed by atoms with Gasteiger partial charge in [-0.15, -0.1) is 6.42 Å². The molecule has 1 saturated heterocycles. The Labute approximate surface area is 179 Å². The van der Waals surface area contributed by atoms with Gasteiger partial charge in [-0.3, -0.25) is 15.0 Å². The van der Waals surface area contributed by atoms with Gasteiger partial charge < -0.3 is 14.2 Å². The first-order valence-electron chi connectivity index (χ1n) is 9.37. The second-order valence-electron chi connectivity index (χ2n) is 6.31. The highest BCUT2D eigenvalue weighted by Gasteiger charge is 2.34. The number of nitrogens with zero attached hydrogens (tertiary/aromatic N) is 1. The van der Waals surface area contributed by atoms with E-state index in [1.165, 1.54) is 25.3 Å². The Morgan fingerprint density at radius 1 is 1.16 bits per heavy atom. The van der Waals surface area contributed by atoms with E-state index in [2.05, 4.69) is 11.3 Å². The zero-order chi connectivity index (χ0) is 22.4. The zero-order valence-corrected chi connectivity index (χ0v) is 17.0. The number of terminal acetylenes is 1. The number of hydrazine groups is 1. The Hall–Kier alpha value is -4.25. The Balaban J connectivity index is 1.82. The molecule has 0 bridgehead atoms. The van der Waals surface area contributed by atoms with Crippen molar-refractivity contribution in [2.45, 2.75) is 6.92 Å². The van der Waals surface area contributed by atoms with Crippen molar-refractivity contribution in [3.63, 3.8) is 0 Å². The third-order valence-electron chi connectivity index (χ3n) is 4.34. The van der Waals surface area contributed by atoms with Crippen molar-refractivity contribution in [3.05, 3.63) is 59.2 Å². The Bertz CT molecular complexity index is 1080. The number of carbonyl (C=O) groups excluding carboxylic acids is 3. The molecule has 1 heterocycles. The molecule has 2 aromatic rings. The summed E-state index contributed by atoms with van der Waals surface area (Å²) in [5.74, 6) is 1.70. The van der Waals surface area contributed by atoms with E-state index in [1.54, 1.807) is 37.3 Å². The fourth-order valence-corrected chi connectivity index (χ4v) is 2.88. The number of nitrogens with one attached hydrogen (secondary N) is 1. The van der Waals surface area contributed by atoms with Gasteiger partial charge in [0.15, 0.2) is 11.5 Å². The fraction of sp³-hybridized carbons (Fsp3) is 0.174. The van der Waals surface area contributed by atoms with Crippen molar-refractivity contribution in [2.24, 2.45) is 0 Å². The quantitative estimate of drug-likeness (QED) is 0.320. The molecule has 0 saturated carbocycles. The van der Waals surface area contributed by atoms with Gasteiger partial charge in [-0.2, -0.15) is 0 Å². The van der Waals surface area contributed by atoms with Crippen LogP contribution in [0.1, 0.15) is 22.8 Å². The molecule has 0 unspecified atom stereocenters. The highest BCUT2D eigenvalue weighted by molar-refractivity contribution is 6.31. The van der Waals surface area contributed by atoms with E-state index in [9.17, 15) is 14.4 Å². The fourth-order valence-electron chi connectivity index (χ4n) is 2.88. The first-order chi connectivity index (χ1) is 15.0. The Morgan fingerprint density at radius 3 is 2.55 bits per heavy atom. The van der Waals surface area contributed by atoms with E-state index >= 15 is 0 Å². The van der Waals surface area contributed by atoms with Crippen LogP contribution in [0.15, 0.2) is 48.0 Å². The summed E-state index contributed by atoms with van der Waals surface area (Å²) in [4.78, 5) is 37.0. The maximum absolute atomic E-state index is 12.8. The van der Waals surface area contributed by atoms with Gasteiger partial charge in [0.1, 0.15) is 12.2 Å². The van der Waals surface area contributed by atoms with Crippen LogP contribution in [0.3, 0.4) is 0 Å². The molecule has 2 amide bonds. The van der Waals surface area contributed by atoms with Crippen molar-refractivity contribution in [1.29, 1.82) is 0 Å². The highest BCUT2D eigenvalue weighted by Crippen LogP contribution is 2.30. The molecule has 31 heavy (non-hydrogen) atoms. The number of rotatable bonds is 7. The molecule has 1 aliphatic rings. The third kappa shape index (κ3) is 4.67. The molecule has 0 aliphatic carbocycles. The van der Waals surface area contributed by atoms with Crippen LogP contribution in [0.5, 0.6) is 11.5 Å². The van der Waals surface area contributed by atoms with Crippen LogP contribution in [0.2, 0.25) is 0 Å². The zero-order valence-electron chi connectivity index (χ0n) is 17.0. The lowest BCUT2D eigenvalue weighted by Gasteiger charge is -2.14. The number of hydrogen-bond acceptors (Lipinski definition) is 6.